The molecule has 0 fully saturated rings. The van der Waals surface area contributed by atoms with Crippen molar-refractivity contribution in [2.45, 2.75) is 45.0 Å². The molecule has 0 saturated heterocycles. The molecule has 1 rings (SSSR count). The monoisotopic (exact) mass is 227 g/mol. The largest absolute Gasteiger partial charge is 0.327 e. The van der Waals surface area contributed by atoms with E-state index in [9.17, 15) is 0 Å². The minimum Gasteiger partial charge on any atom is -0.327 e. The Hall–Kier alpha value is -0.480. The van der Waals surface area contributed by atoms with Crippen molar-refractivity contribution in [3.63, 3.8) is 0 Å². The molecule has 2 unspecified atom stereocenters. The van der Waals surface area contributed by atoms with Crippen LogP contribution in [0.4, 0.5) is 0 Å². The van der Waals surface area contributed by atoms with Crippen LogP contribution in [0.25, 0.3) is 0 Å². The molecule has 0 radical (unpaired) electrons. The highest BCUT2D eigenvalue weighted by Gasteiger charge is 2.04. The average molecular weight is 227 g/mol. The molecule has 0 aliphatic carbocycles. The lowest BCUT2D eigenvalue weighted by Gasteiger charge is -2.08. The number of hydrogen-bond donors (Lipinski definition) is 1. The number of nitrogens with zero attached hydrogens (tertiary/aromatic N) is 2. The van der Waals surface area contributed by atoms with Gasteiger partial charge < -0.3 is 5.73 Å². The van der Waals surface area contributed by atoms with Crippen LogP contribution < -0.4 is 5.73 Å². The zero-order valence-electron chi connectivity index (χ0n) is 9.81. The van der Waals surface area contributed by atoms with E-state index in [1.54, 1.807) is 0 Å². The van der Waals surface area contributed by atoms with Crippen LogP contribution in [-0.4, -0.2) is 21.6 Å². The summed E-state index contributed by atoms with van der Waals surface area (Å²) in [5.74, 6) is 1.96. The molecule has 0 bridgehead atoms. The second-order valence-corrected chi connectivity index (χ2v) is 5.07. The Balaban J connectivity index is 2.39. The summed E-state index contributed by atoms with van der Waals surface area (Å²) >= 11 is 1.85. The number of nitrogens with two attached hydrogens (primary N) is 1. The molecule has 0 saturated carbocycles. The summed E-state index contributed by atoms with van der Waals surface area (Å²) in [4.78, 5) is 0. The molecule has 0 spiro atoms. The van der Waals surface area contributed by atoms with Crippen molar-refractivity contribution >= 4 is 11.8 Å². The number of aromatic nitrogens is 2. The SMILES string of the molecule is CCC(C)n1ccc(CSCC(C)N)n1. The quantitative estimate of drug-likeness (QED) is 0.811. The average Bonchev–Trinajstić information content (AvgIpc) is 2.65. The third kappa shape index (κ3) is 4.26. The highest BCUT2D eigenvalue weighted by Crippen LogP contribution is 2.14. The fraction of sp³-hybridized carbons (Fsp3) is 0.727. The van der Waals surface area contributed by atoms with E-state index in [1.807, 2.05) is 23.4 Å². The standard InChI is InChI=1S/C11H21N3S/c1-4-10(3)14-6-5-11(13-14)8-15-7-9(2)12/h5-6,9-10H,4,7-8,12H2,1-3H3. The van der Waals surface area contributed by atoms with Crippen LogP contribution in [0.3, 0.4) is 0 Å². The molecule has 4 heteroatoms. The van der Waals surface area contributed by atoms with E-state index in [4.69, 9.17) is 5.73 Å². The minimum atomic E-state index is 0.270. The van der Waals surface area contributed by atoms with Gasteiger partial charge in [-0.25, -0.2) is 0 Å². The van der Waals surface area contributed by atoms with Gasteiger partial charge in [-0.05, 0) is 26.3 Å². The maximum absolute atomic E-state index is 5.69. The van der Waals surface area contributed by atoms with Gasteiger partial charge in [0, 0.05) is 29.8 Å². The molecule has 2 N–H and O–H groups in total. The summed E-state index contributed by atoms with van der Waals surface area (Å²) in [7, 11) is 0. The Kier molecular flexibility index (Phi) is 5.19. The zero-order chi connectivity index (χ0) is 11.3. The maximum Gasteiger partial charge on any atom is 0.0723 e. The molecule has 1 aromatic heterocycles. The van der Waals surface area contributed by atoms with Crippen LogP contribution >= 0.6 is 11.8 Å². The Morgan fingerprint density at radius 3 is 2.87 bits per heavy atom. The molecule has 2 atom stereocenters. The molecular weight excluding hydrogens is 206 g/mol. The molecule has 0 aliphatic heterocycles. The lowest BCUT2D eigenvalue weighted by molar-refractivity contribution is 0.475. The molecule has 0 amide bonds. The Labute approximate surface area is 96.4 Å². The fourth-order valence-electron chi connectivity index (χ4n) is 1.24. The first-order chi connectivity index (χ1) is 7.13. The molecular formula is C11H21N3S. The van der Waals surface area contributed by atoms with E-state index < -0.39 is 0 Å². The predicted octanol–water partition coefficient (Wildman–Crippen LogP) is 2.43. The van der Waals surface area contributed by atoms with Crippen LogP contribution in [0.15, 0.2) is 12.3 Å². The van der Waals surface area contributed by atoms with Crippen molar-refractivity contribution in [2.24, 2.45) is 5.73 Å². The third-order valence-electron chi connectivity index (χ3n) is 2.34. The van der Waals surface area contributed by atoms with E-state index in [0.29, 0.717) is 6.04 Å². The molecule has 15 heavy (non-hydrogen) atoms. The first kappa shape index (κ1) is 12.6. The van der Waals surface area contributed by atoms with Gasteiger partial charge in [0.25, 0.3) is 0 Å². The Morgan fingerprint density at radius 2 is 2.27 bits per heavy atom. The first-order valence-corrected chi connectivity index (χ1v) is 6.66. The van der Waals surface area contributed by atoms with E-state index in [2.05, 4.69) is 31.2 Å². The van der Waals surface area contributed by atoms with Crippen molar-refractivity contribution in [3.8, 4) is 0 Å². The van der Waals surface area contributed by atoms with E-state index in [0.717, 1.165) is 23.6 Å². The second-order valence-electron chi connectivity index (χ2n) is 4.04. The molecule has 3 nitrogen and oxygen atoms in total. The maximum atomic E-state index is 5.69. The van der Waals surface area contributed by atoms with Gasteiger partial charge in [-0.15, -0.1) is 0 Å². The summed E-state index contributed by atoms with van der Waals surface area (Å²) in [6.07, 6.45) is 3.18. The van der Waals surface area contributed by atoms with Gasteiger partial charge in [0.2, 0.25) is 0 Å². The lowest BCUT2D eigenvalue weighted by atomic mass is 10.3. The van der Waals surface area contributed by atoms with Gasteiger partial charge in [-0.3, -0.25) is 4.68 Å². The van der Waals surface area contributed by atoms with Crippen molar-refractivity contribution < 1.29 is 0 Å². The summed E-state index contributed by atoms with van der Waals surface area (Å²) in [6, 6.07) is 2.87. The summed E-state index contributed by atoms with van der Waals surface area (Å²) < 4.78 is 2.04. The van der Waals surface area contributed by atoms with Gasteiger partial charge >= 0.3 is 0 Å². The topological polar surface area (TPSA) is 43.8 Å². The number of thioether (sulfide) groups is 1. The van der Waals surface area contributed by atoms with Gasteiger partial charge in [0.15, 0.2) is 0 Å². The molecule has 1 aromatic rings. The summed E-state index contributed by atoms with van der Waals surface area (Å²) in [5, 5.41) is 4.53. The molecule has 1 heterocycles. The normalized spacial score (nSPS) is 15.2. The highest BCUT2D eigenvalue weighted by molar-refractivity contribution is 7.98. The van der Waals surface area contributed by atoms with Crippen molar-refractivity contribution in [3.05, 3.63) is 18.0 Å². The molecule has 0 aromatic carbocycles. The van der Waals surface area contributed by atoms with E-state index >= 15 is 0 Å². The number of hydrogen-bond acceptors (Lipinski definition) is 3. The minimum absolute atomic E-state index is 0.270. The van der Waals surface area contributed by atoms with Crippen LogP contribution in [0, 0.1) is 0 Å². The summed E-state index contributed by atoms with van der Waals surface area (Å²) in [6.45, 7) is 6.40. The highest BCUT2D eigenvalue weighted by atomic mass is 32.2. The van der Waals surface area contributed by atoms with Crippen LogP contribution in [-0.2, 0) is 5.75 Å². The molecule has 86 valence electrons. The summed E-state index contributed by atoms with van der Waals surface area (Å²) in [5.41, 5.74) is 6.84. The van der Waals surface area contributed by atoms with Crippen LogP contribution in [0.5, 0.6) is 0 Å². The van der Waals surface area contributed by atoms with Crippen molar-refractivity contribution in [2.75, 3.05) is 5.75 Å². The zero-order valence-corrected chi connectivity index (χ0v) is 10.6. The second kappa shape index (κ2) is 6.18. The van der Waals surface area contributed by atoms with E-state index in [1.165, 1.54) is 0 Å². The third-order valence-corrected chi connectivity index (χ3v) is 3.60. The number of rotatable bonds is 6. The molecule has 0 aliphatic rings. The Morgan fingerprint density at radius 1 is 1.53 bits per heavy atom. The van der Waals surface area contributed by atoms with Crippen LogP contribution in [0.2, 0.25) is 0 Å². The fourth-order valence-corrected chi connectivity index (χ4v) is 2.09. The lowest BCUT2D eigenvalue weighted by Crippen LogP contribution is -2.17. The van der Waals surface area contributed by atoms with Gasteiger partial charge in [0.05, 0.1) is 5.69 Å². The Bertz CT molecular complexity index is 283. The first-order valence-electron chi connectivity index (χ1n) is 5.50. The van der Waals surface area contributed by atoms with E-state index in [-0.39, 0.29) is 6.04 Å². The van der Waals surface area contributed by atoms with Gasteiger partial charge in [-0.1, -0.05) is 6.92 Å². The van der Waals surface area contributed by atoms with Crippen molar-refractivity contribution in [1.82, 2.24) is 9.78 Å². The predicted molar refractivity (Wildman–Crippen MR) is 67.0 cm³/mol. The van der Waals surface area contributed by atoms with Gasteiger partial charge in [-0.2, -0.15) is 16.9 Å². The smallest absolute Gasteiger partial charge is 0.0723 e. The van der Waals surface area contributed by atoms with Gasteiger partial charge in [0.1, 0.15) is 0 Å². The van der Waals surface area contributed by atoms with Crippen molar-refractivity contribution in [1.29, 1.82) is 0 Å². The van der Waals surface area contributed by atoms with Crippen LogP contribution in [0.1, 0.15) is 38.9 Å².